The van der Waals surface area contributed by atoms with E-state index in [2.05, 4.69) is 10.6 Å². The molecule has 1 aliphatic rings. The predicted octanol–water partition coefficient (Wildman–Crippen LogP) is 2.07. The van der Waals surface area contributed by atoms with Crippen molar-refractivity contribution in [2.75, 3.05) is 18.4 Å². The van der Waals surface area contributed by atoms with Gasteiger partial charge in [-0.1, -0.05) is 0 Å². The third-order valence-electron chi connectivity index (χ3n) is 3.22. The highest BCUT2D eigenvalue weighted by atomic mass is 19.1. The number of hydrogen-bond acceptors (Lipinski definition) is 2. The molecule has 92 valence electrons. The summed E-state index contributed by atoms with van der Waals surface area (Å²) >= 11 is 0. The van der Waals surface area contributed by atoms with Gasteiger partial charge in [0.15, 0.2) is 0 Å². The molecule has 1 aromatic rings. The minimum atomic E-state index is -0.389. The second-order valence-corrected chi connectivity index (χ2v) is 4.96. The van der Waals surface area contributed by atoms with Crippen molar-refractivity contribution in [1.29, 1.82) is 0 Å². The van der Waals surface area contributed by atoms with Crippen LogP contribution in [0.5, 0.6) is 0 Å². The Hall–Kier alpha value is -1.42. The van der Waals surface area contributed by atoms with Gasteiger partial charge in [-0.3, -0.25) is 4.79 Å². The van der Waals surface area contributed by atoms with Crippen molar-refractivity contribution in [1.82, 2.24) is 5.32 Å². The molecule has 2 rings (SSSR count). The summed E-state index contributed by atoms with van der Waals surface area (Å²) in [5.41, 5.74) is 0.941. The average Bonchev–Trinajstić information content (AvgIpc) is 2.64. The molecular weight excluding hydrogens is 219 g/mol. The van der Waals surface area contributed by atoms with Crippen molar-refractivity contribution < 1.29 is 9.18 Å². The lowest BCUT2D eigenvalue weighted by atomic mass is 9.88. The summed E-state index contributed by atoms with van der Waals surface area (Å²) in [6.45, 7) is 5.26. The Morgan fingerprint density at radius 1 is 1.47 bits per heavy atom. The van der Waals surface area contributed by atoms with Gasteiger partial charge in [0.25, 0.3) is 0 Å². The molecule has 0 radical (unpaired) electrons. The molecule has 2 N–H and O–H groups in total. The Balaban J connectivity index is 2.12. The fourth-order valence-corrected chi connectivity index (χ4v) is 2.10. The van der Waals surface area contributed by atoms with Crippen molar-refractivity contribution in [2.45, 2.75) is 20.3 Å². The van der Waals surface area contributed by atoms with E-state index in [1.54, 1.807) is 13.0 Å². The maximum absolute atomic E-state index is 13.2. The van der Waals surface area contributed by atoms with Crippen LogP contribution in [-0.2, 0) is 4.79 Å². The van der Waals surface area contributed by atoms with Crippen LogP contribution in [0, 0.1) is 18.2 Å². The van der Waals surface area contributed by atoms with E-state index in [9.17, 15) is 9.18 Å². The molecule has 17 heavy (non-hydrogen) atoms. The van der Waals surface area contributed by atoms with Gasteiger partial charge in [0.1, 0.15) is 5.82 Å². The summed E-state index contributed by atoms with van der Waals surface area (Å²) in [7, 11) is 0. The van der Waals surface area contributed by atoms with Crippen LogP contribution in [0.3, 0.4) is 0 Å². The summed E-state index contributed by atoms with van der Waals surface area (Å²) in [4.78, 5) is 12.1. The van der Waals surface area contributed by atoms with E-state index in [4.69, 9.17) is 0 Å². The Morgan fingerprint density at radius 2 is 2.24 bits per heavy atom. The van der Waals surface area contributed by atoms with Crippen LogP contribution in [0.2, 0.25) is 0 Å². The Bertz CT molecular complexity index is 419. The molecule has 0 saturated carbocycles. The number of amides is 1. The molecule has 0 aliphatic carbocycles. The zero-order valence-electron chi connectivity index (χ0n) is 10.1. The summed E-state index contributed by atoms with van der Waals surface area (Å²) in [6, 6.07) is 4.55. The number of rotatable bonds is 2. The van der Waals surface area contributed by atoms with Gasteiger partial charge in [0, 0.05) is 12.2 Å². The molecule has 1 amide bonds. The molecule has 1 fully saturated rings. The Morgan fingerprint density at radius 3 is 2.82 bits per heavy atom. The number of benzene rings is 1. The second kappa shape index (κ2) is 4.45. The summed E-state index contributed by atoms with van der Waals surface area (Å²) < 4.78 is 13.2. The highest BCUT2D eigenvalue weighted by Gasteiger charge is 2.36. The van der Waals surface area contributed by atoms with Crippen LogP contribution in [0.25, 0.3) is 0 Å². The number of hydrogen-bond donors (Lipinski definition) is 2. The van der Waals surface area contributed by atoms with Crippen LogP contribution in [0.4, 0.5) is 10.1 Å². The van der Waals surface area contributed by atoms with Gasteiger partial charge in [-0.15, -0.1) is 0 Å². The minimum Gasteiger partial charge on any atom is -0.325 e. The van der Waals surface area contributed by atoms with Gasteiger partial charge < -0.3 is 10.6 Å². The predicted molar refractivity (Wildman–Crippen MR) is 65.4 cm³/mol. The second-order valence-electron chi connectivity index (χ2n) is 4.96. The first kappa shape index (κ1) is 12.0. The average molecular weight is 236 g/mol. The molecule has 1 aliphatic heterocycles. The zero-order valence-corrected chi connectivity index (χ0v) is 10.1. The van der Waals surface area contributed by atoms with E-state index >= 15 is 0 Å². The summed E-state index contributed by atoms with van der Waals surface area (Å²) in [5.74, 6) is -0.373. The standard InChI is InChI=1S/C13H17FN2O/c1-9-5-10(14)7-11(6-9)16-12(17)13(2)3-4-15-8-13/h5-7,15H,3-4,8H2,1-2H3,(H,16,17). The minimum absolute atomic E-state index is 0.0486. The molecule has 1 saturated heterocycles. The van der Waals surface area contributed by atoms with Gasteiger partial charge in [0.2, 0.25) is 5.91 Å². The smallest absolute Gasteiger partial charge is 0.231 e. The highest BCUT2D eigenvalue weighted by Crippen LogP contribution is 2.26. The lowest BCUT2D eigenvalue weighted by Crippen LogP contribution is -2.35. The molecule has 1 unspecified atom stereocenters. The van der Waals surface area contributed by atoms with Gasteiger partial charge in [-0.25, -0.2) is 4.39 Å². The van der Waals surface area contributed by atoms with Crippen LogP contribution < -0.4 is 10.6 Å². The van der Waals surface area contributed by atoms with Crippen molar-refractivity contribution in [2.24, 2.45) is 5.41 Å². The largest absolute Gasteiger partial charge is 0.325 e. The van der Waals surface area contributed by atoms with E-state index in [0.29, 0.717) is 12.2 Å². The molecular formula is C13H17FN2O. The molecule has 1 heterocycles. The lowest BCUT2D eigenvalue weighted by Gasteiger charge is -2.21. The molecule has 1 aromatic carbocycles. The zero-order chi connectivity index (χ0) is 12.5. The van der Waals surface area contributed by atoms with Gasteiger partial charge >= 0.3 is 0 Å². The maximum Gasteiger partial charge on any atom is 0.231 e. The first-order valence-electron chi connectivity index (χ1n) is 5.79. The van der Waals surface area contributed by atoms with E-state index in [-0.39, 0.29) is 17.1 Å². The fourth-order valence-electron chi connectivity index (χ4n) is 2.10. The van der Waals surface area contributed by atoms with Gasteiger partial charge in [-0.05, 0) is 50.6 Å². The van der Waals surface area contributed by atoms with Crippen molar-refractivity contribution >= 4 is 11.6 Å². The third kappa shape index (κ3) is 2.64. The van der Waals surface area contributed by atoms with Crippen LogP contribution in [0.15, 0.2) is 18.2 Å². The molecule has 3 nitrogen and oxygen atoms in total. The first-order chi connectivity index (χ1) is 7.99. The molecule has 0 bridgehead atoms. The van der Waals surface area contributed by atoms with Crippen LogP contribution in [-0.4, -0.2) is 19.0 Å². The molecule has 0 spiro atoms. The number of anilines is 1. The number of carbonyl (C=O) groups excluding carboxylic acids is 1. The topological polar surface area (TPSA) is 41.1 Å². The lowest BCUT2D eigenvalue weighted by molar-refractivity contribution is -0.123. The van der Waals surface area contributed by atoms with Gasteiger partial charge in [-0.2, -0.15) is 0 Å². The Labute approximate surface area is 100 Å². The normalized spacial score (nSPS) is 23.7. The van der Waals surface area contributed by atoms with Crippen molar-refractivity contribution in [3.63, 3.8) is 0 Å². The monoisotopic (exact) mass is 236 g/mol. The summed E-state index contributed by atoms with van der Waals surface area (Å²) in [6.07, 6.45) is 0.813. The maximum atomic E-state index is 13.2. The number of nitrogens with one attached hydrogen (secondary N) is 2. The van der Waals surface area contributed by atoms with Crippen molar-refractivity contribution in [3.8, 4) is 0 Å². The summed E-state index contributed by atoms with van der Waals surface area (Å²) in [5, 5.41) is 5.95. The molecule has 0 aromatic heterocycles. The van der Waals surface area contributed by atoms with Crippen LogP contribution >= 0.6 is 0 Å². The quantitative estimate of drug-likeness (QED) is 0.825. The SMILES string of the molecule is Cc1cc(F)cc(NC(=O)C2(C)CCNC2)c1. The van der Waals surface area contributed by atoms with E-state index in [1.165, 1.54) is 12.1 Å². The number of carbonyl (C=O) groups is 1. The van der Waals surface area contributed by atoms with E-state index in [0.717, 1.165) is 18.5 Å². The number of halogens is 1. The third-order valence-corrected chi connectivity index (χ3v) is 3.22. The van der Waals surface area contributed by atoms with Crippen LogP contribution in [0.1, 0.15) is 18.9 Å². The first-order valence-corrected chi connectivity index (χ1v) is 5.79. The number of aryl methyl sites for hydroxylation is 1. The van der Waals surface area contributed by atoms with E-state index < -0.39 is 0 Å². The fraction of sp³-hybridized carbons (Fsp3) is 0.462. The van der Waals surface area contributed by atoms with Gasteiger partial charge in [0.05, 0.1) is 5.41 Å². The Kier molecular flexibility index (Phi) is 3.15. The molecule has 4 heteroatoms. The highest BCUT2D eigenvalue weighted by molar-refractivity contribution is 5.95. The van der Waals surface area contributed by atoms with E-state index in [1.807, 2.05) is 6.92 Å². The van der Waals surface area contributed by atoms with Crippen molar-refractivity contribution in [3.05, 3.63) is 29.6 Å². The molecule has 1 atom stereocenters.